The maximum Gasteiger partial charge on any atom is 0.258 e. The third-order valence-corrected chi connectivity index (χ3v) is 4.96. The summed E-state index contributed by atoms with van der Waals surface area (Å²) in [7, 11) is 0. The molecule has 0 spiro atoms. The van der Waals surface area contributed by atoms with Crippen LogP contribution in [0.4, 0.5) is 0 Å². The third kappa shape index (κ3) is 4.35. The van der Waals surface area contributed by atoms with Crippen molar-refractivity contribution in [2.24, 2.45) is 5.73 Å². The molecule has 0 bridgehead atoms. The van der Waals surface area contributed by atoms with Crippen molar-refractivity contribution in [3.63, 3.8) is 0 Å². The van der Waals surface area contributed by atoms with E-state index in [1.54, 1.807) is 0 Å². The van der Waals surface area contributed by atoms with Gasteiger partial charge < -0.3 is 24.5 Å². The molecule has 1 fully saturated rings. The molecule has 4 rings (SSSR count). The maximum absolute atomic E-state index is 6.29. The first-order valence-corrected chi connectivity index (χ1v) is 9.89. The average molecular weight is 395 g/mol. The van der Waals surface area contributed by atoms with Gasteiger partial charge in [-0.25, -0.2) is 0 Å². The molecule has 29 heavy (non-hydrogen) atoms. The molecule has 0 saturated heterocycles. The van der Waals surface area contributed by atoms with E-state index < -0.39 is 5.54 Å². The quantitative estimate of drug-likeness (QED) is 0.549. The molecular weight excluding hydrogens is 370 g/mol. The van der Waals surface area contributed by atoms with Crippen LogP contribution in [0.2, 0.25) is 0 Å². The van der Waals surface area contributed by atoms with Gasteiger partial charge in [-0.15, -0.1) is 0 Å². The predicted molar refractivity (Wildman–Crippen MR) is 108 cm³/mol. The molecule has 3 aromatic rings. The minimum atomic E-state index is -0.452. The van der Waals surface area contributed by atoms with Crippen LogP contribution in [-0.4, -0.2) is 30.0 Å². The number of nitrogens with zero attached hydrogens (tertiary/aromatic N) is 2. The zero-order chi connectivity index (χ0) is 20.1. The second-order valence-corrected chi connectivity index (χ2v) is 7.04. The highest BCUT2D eigenvalue weighted by Gasteiger charge is 2.39. The Morgan fingerprint density at radius 2 is 1.79 bits per heavy atom. The van der Waals surface area contributed by atoms with E-state index in [1.807, 2.05) is 55.5 Å². The fourth-order valence-corrected chi connectivity index (χ4v) is 3.18. The van der Waals surface area contributed by atoms with Crippen molar-refractivity contribution in [2.75, 3.05) is 19.8 Å². The summed E-state index contributed by atoms with van der Waals surface area (Å²) in [6.07, 6.45) is 2.86. The Bertz CT molecular complexity index is 938. The minimum absolute atomic E-state index is 0.398. The van der Waals surface area contributed by atoms with E-state index in [2.05, 4.69) is 10.1 Å². The highest BCUT2D eigenvalue weighted by molar-refractivity contribution is 5.59. The Morgan fingerprint density at radius 3 is 2.52 bits per heavy atom. The summed E-state index contributed by atoms with van der Waals surface area (Å²) in [4.78, 5) is 4.50. The normalized spacial score (nSPS) is 14.8. The van der Waals surface area contributed by atoms with E-state index in [1.165, 1.54) is 0 Å². The molecule has 1 aliphatic rings. The highest BCUT2D eigenvalue weighted by Crippen LogP contribution is 2.38. The van der Waals surface area contributed by atoms with E-state index in [4.69, 9.17) is 24.5 Å². The number of aromatic nitrogens is 2. The first-order chi connectivity index (χ1) is 14.2. The number of hydrogen-bond acceptors (Lipinski definition) is 7. The molecule has 1 heterocycles. The number of rotatable bonds is 9. The summed E-state index contributed by atoms with van der Waals surface area (Å²) in [5, 5.41) is 4.07. The van der Waals surface area contributed by atoms with E-state index in [-0.39, 0.29) is 0 Å². The Kier molecular flexibility index (Phi) is 5.67. The van der Waals surface area contributed by atoms with Gasteiger partial charge in [0.2, 0.25) is 0 Å². The van der Waals surface area contributed by atoms with Gasteiger partial charge in [0.05, 0.1) is 12.1 Å². The fourth-order valence-electron chi connectivity index (χ4n) is 3.18. The van der Waals surface area contributed by atoms with E-state index in [9.17, 15) is 0 Å². The smallest absolute Gasteiger partial charge is 0.258 e. The second-order valence-electron chi connectivity index (χ2n) is 7.04. The van der Waals surface area contributed by atoms with Crippen molar-refractivity contribution in [1.82, 2.24) is 10.1 Å². The van der Waals surface area contributed by atoms with Crippen molar-refractivity contribution in [3.05, 3.63) is 54.4 Å². The molecule has 1 aliphatic carbocycles. The molecule has 2 aromatic carbocycles. The molecular formula is C22H25N3O4. The van der Waals surface area contributed by atoms with Crippen LogP contribution < -0.4 is 19.9 Å². The van der Waals surface area contributed by atoms with Crippen molar-refractivity contribution in [2.45, 2.75) is 31.7 Å². The largest absolute Gasteiger partial charge is 0.490 e. The van der Waals surface area contributed by atoms with Gasteiger partial charge in [0.15, 0.2) is 17.3 Å². The standard InChI is InChI=1S/C22H25N3O4/c1-2-26-19-15-16(20-24-21(25-29-20)22(23)11-6-12-22)9-10-18(19)28-14-13-27-17-7-4-3-5-8-17/h3-5,7-10,15H,2,6,11-14,23H2,1H3. The minimum Gasteiger partial charge on any atom is -0.490 e. The summed E-state index contributed by atoms with van der Waals surface area (Å²) < 4.78 is 22.7. The Balaban J connectivity index is 1.42. The molecule has 0 aliphatic heterocycles. The fraction of sp³-hybridized carbons (Fsp3) is 0.364. The number of nitrogens with two attached hydrogens (primary N) is 1. The lowest BCUT2D eigenvalue weighted by Gasteiger charge is -2.34. The molecule has 0 radical (unpaired) electrons. The van der Waals surface area contributed by atoms with Crippen molar-refractivity contribution in [3.8, 4) is 28.7 Å². The summed E-state index contributed by atoms with van der Waals surface area (Å²) in [5.41, 5.74) is 6.60. The van der Waals surface area contributed by atoms with E-state index in [0.29, 0.717) is 43.0 Å². The Labute approximate surface area is 169 Å². The molecule has 1 saturated carbocycles. The Hall–Kier alpha value is -3.06. The van der Waals surface area contributed by atoms with Gasteiger partial charge in [0, 0.05) is 5.56 Å². The van der Waals surface area contributed by atoms with Gasteiger partial charge in [0.25, 0.3) is 5.89 Å². The third-order valence-electron chi connectivity index (χ3n) is 4.96. The molecule has 7 nitrogen and oxygen atoms in total. The van der Waals surface area contributed by atoms with E-state index >= 15 is 0 Å². The van der Waals surface area contributed by atoms with Crippen LogP contribution in [0.25, 0.3) is 11.5 Å². The van der Waals surface area contributed by atoms with Crippen LogP contribution in [-0.2, 0) is 5.54 Å². The monoisotopic (exact) mass is 395 g/mol. The van der Waals surface area contributed by atoms with Gasteiger partial charge in [-0.05, 0) is 56.5 Å². The first-order valence-electron chi connectivity index (χ1n) is 9.89. The lowest BCUT2D eigenvalue weighted by Crippen LogP contribution is -2.44. The van der Waals surface area contributed by atoms with Gasteiger partial charge in [0.1, 0.15) is 19.0 Å². The average Bonchev–Trinajstić information content (AvgIpc) is 3.22. The number of para-hydroxylation sites is 1. The molecule has 0 amide bonds. The number of hydrogen-bond donors (Lipinski definition) is 1. The van der Waals surface area contributed by atoms with Crippen molar-refractivity contribution in [1.29, 1.82) is 0 Å². The second kappa shape index (κ2) is 8.53. The Morgan fingerprint density at radius 1 is 1.00 bits per heavy atom. The van der Waals surface area contributed by atoms with Crippen LogP contribution in [0.3, 0.4) is 0 Å². The molecule has 1 aromatic heterocycles. The topological polar surface area (TPSA) is 92.6 Å². The number of benzene rings is 2. The molecule has 0 unspecified atom stereocenters. The van der Waals surface area contributed by atoms with Gasteiger partial charge in [-0.1, -0.05) is 23.4 Å². The summed E-state index contributed by atoms with van der Waals surface area (Å²) in [6, 6.07) is 15.2. The summed E-state index contributed by atoms with van der Waals surface area (Å²) in [6.45, 7) is 3.27. The van der Waals surface area contributed by atoms with E-state index in [0.717, 1.165) is 30.6 Å². The van der Waals surface area contributed by atoms with Crippen LogP contribution in [0, 0.1) is 0 Å². The number of ether oxygens (including phenoxy) is 3. The maximum atomic E-state index is 6.29. The summed E-state index contributed by atoms with van der Waals surface area (Å²) in [5.74, 6) is 3.07. The highest BCUT2D eigenvalue weighted by atomic mass is 16.5. The zero-order valence-corrected chi connectivity index (χ0v) is 16.5. The molecule has 152 valence electrons. The molecule has 2 N–H and O–H groups in total. The van der Waals surface area contributed by atoms with Crippen molar-refractivity contribution < 1.29 is 18.7 Å². The van der Waals surface area contributed by atoms with Crippen LogP contribution in [0.15, 0.2) is 53.1 Å². The van der Waals surface area contributed by atoms with Crippen molar-refractivity contribution >= 4 is 0 Å². The lowest BCUT2D eigenvalue weighted by molar-refractivity contribution is 0.208. The molecule has 7 heteroatoms. The first kappa shape index (κ1) is 19.3. The lowest BCUT2D eigenvalue weighted by atomic mass is 9.77. The van der Waals surface area contributed by atoms with Crippen LogP contribution >= 0.6 is 0 Å². The summed E-state index contributed by atoms with van der Waals surface area (Å²) >= 11 is 0. The zero-order valence-electron chi connectivity index (χ0n) is 16.5. The van der Waals surface area contributed by atoms with Crippen LogP contribution in [0.5, 0.6) is 17.2 Å². The van der Waals surface area contributed by atoms with Gasteiger partial charge >= 0.3 is 0 Å². The van der Waals surface area contributed by atoms with Crippen LogP contribution in [0.1, 0.15) is 32.0 Å². The SMILES string of the molecule is CCOc1cc(-c2nc(C3(N)CCC3)no2)ccc1OCCOc1ccccc1. The van der Waals surface area contributed by atoms with Gasteiger partial charge in [-0.3, -0.25) is 0 Å². The predicted octanol–water partition coefficient (Wildman–Crippen LogP) is 3.93. The molecule has 0 atom stereocenters. The van der Waals surface area contributed by atoms with Gasteiger partial charge in [-0.2, -0.15) is 4.98 Å².